The van der Waals surface area contributed by atoms with Gasteiger partial charge in [0.15, 0.2) is 8.38 Å². The summed E-state index contributed by atoms with van der Waals surface area (Å²) in [5, 5.41) is 6.49. The van der Waals surface area contributed by atoms with E-state index in [4.69, 9.17) is 9.79 Å². The van der Waals surface area contributed by atoms with Crippen LogP contribution in [0.3, 0.4) is 0 Å². The van der Waals surface area contributed by atoms with Crippen molar-refractivity contribution in [2.75, 3.05) is 0 Å². The first kappa shape index (κ1) is 8.50. The molecule has 0 amide bonds. The number of H-pyrrole nitrogens is 1. The third-order valence-electron chi connectivity index (χ3n) is 1.61. The van der Waals surface area contributed by atoms with Crippen LogP contribution >= 0.6 is 8.38 Å². The molecular formula is C6H7N4O2P. The molecule has 0 spiro atoms. The van der Waals surface area contributed by atoms with E-state index in [0.29, 0.717) is 16.7 Å². The normalized spacial score (nSPS) is 11.3. The Bertz CT molecular complexity index is 416. The summed E-state index contributed by atoms with van der Waals surface area (Å²) in [6, 6.07) is 0. The lowest BCUT2D eigenvalue weighted by atomic mass is 10.4. The molecule has 0 fully saturated rings. The van der Waals surface area contributed by atoms with Crippen LogP contribution < -0.4 is 0 Å². The average molecular weight is 198 g/mol. The van der Waals surface area contributed by atoms with Crippen molar-refractivity contribution in [2.45, 2.75) is 6.16 Å². The lowest BCUT2D eigenvalue weighted by molar-refractivity contribution is 0.481. The van der Waals surface area contributed by atoms with E-state index in [1.165, 1.54) is 6.33 Å². The number of fused-ring (bicyclic) bond motifs is 1. The highest BCUT2D eigenvalue weighted by atomic mass is 31.2. The molecule has 2 heterocycles. The highest BCUT2D eigenvalue weighted by Gasteiger charge is 2.08. The first-order valence-corrected chi connectivity index (χ1v) is 4.99. The first-order valence-electron chi connectivity index (χ1n) is 3.55. The van der Waals surface area contributed by atoms with Gasteiger partial charge in [0.25, 0.3) is 0 Å². The smallest absolute Gasteiger partial charge is 0.171 e. The molecule has 0 aromatic carbocycles. The van der Waals surface area contributed by atoms with Crippen LogP contribution in [0.5, 0.6) is 0 Å². The quantitative estimate of drug-likeness (QED) is 0.597. The number of hydrogen-bond acceptors (Lipinski definition) is 5. The van der Waals surface area contributed by atoms with Gasteiger partial charge in [-0.3, -0.25) is 5.10 Å². The molecule has 0 bridgehead atoms. The van der Waals surface area contributed by atoms with E-state index in [0.717, 1.165) is 0 Å². The van der Waals surface area contributed by atoms with Gasteiger partial charge in [-0.2, -0.15) is 5.10 Å². The second kappa shape index (κ2) is 3.33. The number of aromatic nitrogens is 4. The number of aromatic amines is 1. The monoisotopic (exact) mass is 198 g/mol. The molecule has 0 atom stereocenters. The largest absolute Gasteiger partial charge is 0.350 e. The predicted molar refractivity (Wildman–Crippen MR) is 46.7 cm³/mol. The molecule has 6 nitrogen and oxygen atoms in total. The third kappa shape index (κ3) is 1.65. The SMILES string of the molecule is OP(O)Cc1ncnc2cn[nH]c12. The van der Waals surface area contributed by atoms with Gasteiger partial charge >= 0.3 is 0 Å². The maximum absolute atomic E-state index is 8.83. The fraction of sp³-hybridized carbons (Fsp3) is 0.167. The van der Waals surface area contributed by atoms with Gasteiger partial charge in [-0.05, 0) is 0 Å². The zero-order chi connectivity index (χ0) is 9.26. The lowest BCUT2D eigenvalue weighted by Crippen LogP contribution is -1.91. The maximum atomic E-state index is 8.83. The molecule has 0 radical (unpaired) electrons. The molecule has 3 N–H and O–H groups in total. The van der Waals surface area contributed by atoms with E-state index >= 15 is 0 Å². The highest BCUT2D eigenvalue weighted by molar-refractivity contribution is 7.44. The van der Waals surface area contributed by atoms with Crippen LogP contribution in [0.4, 0.5) is 0 Å². The van der Waals surface area contributed by atoms with E-state index in [-0.39, 0.29) is 6.16 Å². The van der Waals surface area contributed by atoms with Crippen LogP contribution in [0.2, 0.25) is 0 Å². The lowest BCUT2D eigenvalue weighted by Gasteiger charge is -2.01. The molecule has 0 aliphatic carbocycles. The minimum Gasteiger partial charge on any atom is -0.350 e. The van der Waals surface area contributed by atoms with Crippen molar-refractivity contribution in [2.24, 2.45) is 0 Å². The molecule has 0 saturated heterocycles. The summed E-state index contributed by atoms with van der Waals surface area (Å²) < 4.78 is 0. The number of nitrogens with zero attached hydrogens (tertiary/aromatic N) is 3. The Hall–Kier alpha value is -1.10. The van der Waals surface area contributed by atoms with Crippen LogP contribution in [-0.2, 0) is 6.16 Å². The number of hydrogen-bond donors (Lipinski definition) is 3. The van der Waals surface area contributed by atoms with Gasteiger partial charge in [-0.1, -0.05) is 0 Å². The molecule has 0 unspecified atom stereocenters. The Morgan fingerprint density at radius 2 is 2.23 bits per heavy atom. The van der Waals surface area contributed by atoms with E-state index < -0.39 is 8.38 Å². The standard InChI is InChI=1S/C6H7N4O2P/c11-13(12)2-5-6-4(1-9-10-6)7-3-8-5/h1,3,11-12H,2H2,(H,9,10). The second-order valence-corrected chi connectivity index (χ2v) is 3.54. The summed E-state index contributed by atoms with van der Waals surface area (Å²) in [5.74, 6) is 0. The minimum atomic E-state index is -1.97. The molecule has 68 valence electrons. The van der Waals surface area contributed by atoms with E-state index in [1.54, 1.807) is 6.20 Å². The molecule has 13 heavy (non-hydrogen) atoms. The summed E-state index contributed by atoms with van der Waals surface area (Å²) in [6.07, 6.45) is 3.08. The van der Waals surface area contributed by atoms with Crippen LogP contribution in [0, 0.1) is 0 Å². The van der Waals surface area contributed by atoms with Crippen molar-refractivity contribution in [1.82, 2.24) is 20.2 Å². The highest BCUT2D eigenvalue weighted by Crippen LogP contribution is 2.29. The topological polar surface area (TPSA) is 94.9 Å². The Kier molecular flexibility index (Phi) is 2.18. The molecule has 2 aromatic rings. The third-order valence-corrected chi connectivity index (χ3v) is 2.19. The van der Waals surface area contributed by atoms with Gasteiger partial charge in [-0.15, -0.1) is 0 Å². The minimum absolute atomic E-state index is 0.135. The van der Waals surface area contributed by atoms with Crippen LogP contribution in [0.1, 0.15) is 5.69 Å². The van der Waals surface area contributed by atoms with Gasteiger partial charge in [0.2, 0.25) is 0 Å². The van der Waals surface area contributed by atoms with Crippen molar-refractivity contribution in [1.29, 1.82) is 0 Å². The molecular weight excluding hydrogens is 191 g/mol. The Morgan fingerprint density at radius 1 is 1.38 bits per heavy atom. The average Bonchev–Trinajstić information content (AvgIpc) is 2.51. The van der Waals surface area contributed by atoms with Gasteiger partial charge in [-0.25, -0.2) is 9.97 Å². The maximum Gasteiger partial charge on any atom is 0.171 e. The molecule has 0 aliphatic heterocycles. The van der Waals surface area contributed by atoms with Gasteiger partial charge in [0.05, 0.1) is 18.1 Å². The van der Waals surface area contributed by atoms with E-state index in [1.807, 2.05) is 0 Å². The van der Waals surface area contributed by atoms with Crippen molar-refractivity contribution in [3.8, 4) is 0 Å². The van der Waals surface area contributed by atoms with Crippen LogP contribution in [-0.4, -0.2) is 30.0 Å². The first-order chi connectivity index (χ1) is 6.27. The summed E-state index contributed by atoms with van der Waals surface area (Å²) in [7, 11) is -1.97. The molecule has 0 saturated carbocycles. The van der Waals surface area contributed by atoms with Gasteiger partial charge in [0.1, 0.15) is 17.4 Å². The number of rotatable bonds is 2. The molecule has 2 aromatic heterocycles. The van der Waals surface area contributed by atoms with Crippen molar-refractivity contribution < 1.29 is 9.79 Å². The summed E-state index contributed by atoms with van der Waals surface area (Å²) in [5.41, 5.74) is 1.93. The van der Waals surface area contributed by atoms with Crippen molar-refractivity contribution in [3.05, 3.63) is 18.2 Å². The van der Waals surface area contributed by atoms with Crippen molar-refractivity contribution in [3.63, 3.8) is 0 Å². The van der Waals surface area contributed by atoms with E-state index in [2.05, 4.69) is 20.2 Å². The Morgan fingerprint density at radius 3 is 3.00 bits per heavy atom. The Labute approximate surface area is 74.6 Å². The Balaban J connectivity index is 2.48. The second-order valence-electron chi connectivity index (χ2n) is 2.48. The fourth-order valence-electron chi connectivity index (χ4n) is 1.07. The predicted octanol–water partition coefficient (Wildman–Crippen LogP) is 0.149. The number of nitrogens with one attached hydrogen (secondary N) is 1. The van der Waals surface area contributed by atoms with Crippen molar-refractivity contribution >= 4 is 19.4 Å². The summed E-state index contributed by atoms with van der Waals surface area (Å²) >= 11 is 0. The molecule has 2 rings (SSSR count). The fourth-order valence-corrected chi connectivity index (χ4v) is 1.58. The zero-order valence-corrected chi connectivity index (χ0v) is 7.44. The molecule has 7 heteroatoms. The summed E-state index contributed by atoms with van der Waals surface area (Å²) in [4.78, 5) is 25.5. The van der Waals surface area contributed by atoms with Crippen LogP contribution in [0.15, 0.2) is 12.5 Å². The summed E-state index contributed by atoms with van der Waals surface area (Å²) in [6.45, 7) is 0. The molecule has 0 aliphatic rings. The van der Waals surface area contributed by atoms with E-state index in [9.17, 15) is 0 Å². The zero-order valence-electron chi connectivity index (χ0n) is 6.55. The van der Waals surface area contributed by atoms with Crippen LogP contribution in [0.25, 0.3) is 11.0 Å². The van der Waals surface area contributed by atoms with Gasteiger partial charge < -0.3 is 9.79 Å². The van der Waals surface area contributed by atoms with Gasteiger partial charge in [0, 0.05) is 0 Å².